The number of ether oxygens (including phenoxy) is 2. The molecule has 2 heterocycles. The number of hydrogen-bond acceptors (Lipinski definition) is 4. The van der Waals surface area contributed by atoms with Crippen molar-refractivity contribution in [1.82, 2.24) is 9.80 Å². The Bertz CT molecular complexity index is 1100. The summed E-state index contributed by atoms with van der Waals surface area (Å²) in [5.74, 6) is 1.43. The van der Waals surface area contributed by atoms with Crippen LogP contribution >= 0.6 is 11.6 Å². The van der Waals surface area contributed by atoms with E-state index in [-0.39, 0.29) is 18.2 Å². The van der Waals surface area contributed by atoms with Crippen LogP contribution in [0.25, 0.3) is 0 Å². The van der Waals surface area contributed by atoms with Gasteiger partial charge in [-0.25, -0.2) is 4.79 Å². The van der Waals surface area contributed by atoms with Crippen LogP contribution in [0.4, 0.5) is 4.79 Å². The molecule has 5 nitrogen and oxygen atoms in total. The van der Waals surface area contributed by atoms with Gasteiger partial charge in [-0.1, -0.05) is 66.2 Å². The van der Waals surface area contributed by atoms with Gasteiger partial charge in [0.2, 0.25) is 0 Å². The minimum absolute atomic E-state index is 0.00823. The Kier molecular flexibility index (Phi) is 6.51. The van der Waals surface area contributed by atoms with E-state index in [2.05, 4.69) is 29.2 Å². The van der Waals surface area contributed by atoms with E-state index < -0.39 is 0 Å². The molecule has 0 aromatic heterocycles. The number of carbonyl (C=O) groups excluding carboxylic acids is 1. The standard InChI is InChI=1S/C27H27ClN2O3/c28-24-11-4-5-12-26(24)33-23-10-6-7-20(17-23)18-29-15-13-22(14-16-29)30-25(19-32-27(30)31)21-8-2-1-3-9-21/h1-12,17,22,25H,13-16,18-19H2/t25-/m1/s1. The molecule has 0 spiro atoms. The molecule has 0 saturated carbocycles. The molecule has 170 valence electrons. The summed E-state index contributed by atoms with van der Waals surface area (Å²) in [6, 6.07) is 26.0. The van der Waals surface area contributed by atoms with Crippen LogP contribution < -0.4 is 4.74 Å². The lowest BCUT2D eigenvalue weighted by atomic mass is 9.99. The van der Waals surface area contributed by atoms with Crippen molar-refractivity contribution in [2.24, 2.45) is 0 Å². The molecule has 5 rings (SSSR count). The van der Waals surface area contributed by atoms with Crippen molar-refractivity contribution in [1.29, 1.82) is 0 Å². The number of cyclic esters (lactones) is 1. The second-order valence-electron chi connectivity index (χ2n) is 8.60. The smallest absolute Gasteiger partial charge is 0.410 e. The Morgan fingerprint density at radius 3 is 2.48 bits per heavy atom. The normalized spacial score (nSPS) is 19.5. The van der Waals surface area contributed by atoms with E-state index >= 15 is 0 Å². The molecular formula is C27H27ClN2O3. The SMILES string of the molecule is O=C1OC[C@H](c2ccccc2)N1C1CCN(Cc2cccc(Oc3ccccc3Cl)c2)CC1. The number of carbonyl (C=O) groups is 1. The fraction of sp³-hybridized carbons (Fsp3) is 0.296. The zero-order valence-electron chi connectivity index (χ0n) is 18.4. The molecule has 2 aliphatic rings. The lowest BCUT2D eigenvalue weighted by molar-refractivity contribution is 0.104. The van der Waals surface area contributed by atoms with Gasteiger partial charge in [-0.2, -0.15) is 0 Å². The fourth-order valence-electron chi connectivity index (χ4n) is 4.74. The fourth-order valence-corrected chi connectivity index (χ4v) is 4.92. The summed E-state index contributed by atoms with van der Waals surface area (Å²) in [7, 11) is 0. The number of rotatable bonds is 6. The minimum Gasteiger partial charge on any atom is -0.456 e. The highest BCUT2D eigenvalue weighted by atomic mass is 35.5. The van der Waals surface area contributed by atoms with E-state index in [1.807, 2.05) is 59.5 Å². The summed E-state index contributed by atoms with van der Waals surface area (Å²) in [5, 5.41) is 0.597. The summed E-state index contributed by atoms with van der Waals surface area (Å²) >= 11 is 6.23. The van der Waals surface area contributed by atoms with Gasteiger partial charge in [0, 0.05) is 25.7 Å². The van der Waals surface area contributed by atoms with Crippen molar-refractivity contribution in [2.45, 2.75) is 31.5 Å². The van der Waals surface area contributed by atoms with Gasteiger partial charge in [0.05, 0.1) is 11.1 Å². The summed E-state index contributed by atoms with van der Waals surface area (Å²) in [4.78, 5) is 16.9. The summed E-state index contributed by atoms with van der Waals surface area (Å²) < 4.78 is 11.4. The maximum absolute atomic E-state index is 12.5. The van der Waals surface area contributed by atoms with Crippen LogP contribution in [0.1, 0.15) is 30.0 Å². The first-order valence-corrected chi connectivity index (χ1v) is 11.8. The van der Waals surface area contributed by atoms with Crippen LogP contribution in [-0.2, 0) is 11.3 Å². The number of para-hydroxylation sites is 1. The molecule has 2 saturated heterocycles. The molecular weight excluding hydrogens is 436 g/mol. The van der Waals surface area contributed by atoms with Crippen molar-refractivity contribution in [2.75, 3.05) is 19.7 Å². The lowest BCUT2D eigenvalue weighted by Crippen LogP contribution is -2.45. The highest BCUT2D eigenvalue weighted by Crippen LogP contribution is 2.34. The molecule has 0 bridgehead atoms. The van der Waals surface area contributed by atoms with Crippen LogP contribution in [0.2, 0.25) is 5.02 Å². The van der Waals surface area contributed by atoms with E-state index in [4.69, 9.17) is 21.1 Å². The lowest BCUT2D eigenvalue weighted by Gasteiger charge is -2.38. The quantitative estimate of drug-likeness (QED) is 0.431. The maximum atomic E-state index is 12.5. The van der Waals surface area contributed by atoms with Gasteiger partial charge in [0.15, 0.2) is 0 Å². The molecule has 6 heteroatoms. The average molecular weight is 463 g/mol. The highest BCUT2D eigenvalue weighted by molar-refractivity contribution is 6.32. The molecule has 33 heavy (non-hydrogen) atoms. The third kappa shape index (κ3) is 5.00. The van der Waals surface area contributed by atoms with Crippen molar-refractivity contribution in [3.05, 3.63) is 95.0 Å². The predicted octanol–water partition coefficient (Wildman–Crippen LogP) is 6.29. The second kappa shape index (κ2) is 9.86. The largest absolute Gasteiger partial charge is 0.456 e. The van der Waals surface area contributed by atoms with Crippen molar-refractivity contribution in [3.8, 4) is 11.5 Å². The highest BCUT2D eigenvalue weighted by Gasteiger charge is 2.40. The minimum atomic E-state index is -0.188. The number of halogens is 1. The van der Waals surface area contributed by atoms with Gasteiger partial charge < -0.3 is 9.47 Å². The van der Waals surface area contributed by atoms with Crippen LogP contribution in [0.3, 0.4) is 0 Å². The number of hydrogen-bond donors (Lipinski definition) is 0. The zero-order valence-corrected chi connectivity index (χ0v) is 19.2. The Morgan fingerprint density at radius 2 is 1.70 bits per heavy atom. The van der Waals surface area contributed by atoms with E-state index in [9.17, 15) is 4.79 Å². The molecule has 0 aliphatic carbocycles. The van der Waals surface area contributed by atoms with Gasteiger partial charge in [0.1, 0.15) is 18.1 Å². The first-order valence-electron chi connectivity index (χ1n) is 11.4. The number of nitrogens with zero attached hydrogens (tertiary/aromatic N) is 2. The van der Waals surface area contributed by atoms with Gasteiger partial charge in [-0.3, -0.25) is 9.80 Å². The Labute approximate surface area is 199 Å². The molecule has 0 N–H and O–H groups in total. The molecule has 3 aromatic rings. The van der Waals surface area contributed by atoms with Gasteiger partial charge in [-0.05, 0) is 48.2 Å². The summed E-state index contributed by atoms with van der Waals surface area (Å²) in [5.41, 5.74) is 2.34. The van der Waals surface area contributed by atoms with Crippen LogP contribution in [0, 0.1) is 0 Å². The molecule has 1 amide bonds. The molecule has 2 fully saturated rings. The van der Waals surface area contributed by atoms with Gasteiger partial charge in [-0.15, -0.1) is 0 Å². The van der Waals surface area contributed by atoms with E-state index in [0.717, 1.165) is 43.8 Å². The van der Waals surface area contributed by atoms with Gasteiger partial charge in [0.25, 0.3) is 0 Å². The predicted molar refractivity (Wildman–Crippen MR) is 129 cm³/mol. The van der Waals surface area contributed by atoms with Crippen LogP contribution in [-0.4, -0.2) is 41.6 Å². The van der Waals surface area contributed by atoms with Crippen molar-refractivity contribution in [3.63, 3.8) is 0 Å². The Hall–Kier alpha value is -3.02. The van der Waals surface area contributed by atoms with E-state index in [1.165, 1.54) is 5.56 Å². The summed E-state index contributed by atoms with van der Waals surface area (Å²) in [6.45, 7) is 3.15. The number of amides is 1. The van der Waals surface area contributed by atoms with Crippen LogP contribution in [0.5, 0.6) is 11.5 Å². The second-order valence-corrected chi connectivity index (χ2v) is 9.01. The van der Waals surface area contributed by atoms with E-state index in [0.29, 0.717) is 17.4 Å². The maximum Gasteiger partial charge on any atom is 0.410 e. The summed E-state index contributed by atoms with van der Waals surface area (Å²) in [6.07, 6.45) is 1.69. The van der Waals surface area contributed by atoms with Crippen molar-refractivity contribution >= 4 is 17.7 Å². The van der Waals surface area contributed by atoms with Crippen molar-refractivity contribution < 1.29 is 14.3 Å². The first-order chi connectivity index (χ1) is 16.2. The molecule has 2 aliphatic heterocycles. The van der Waals surface area contributed by atoms with Crippen LogP contribution in [0.15, 0.2) is 78.9 Å². The van der Waals surface area contributed by atoms with E-state index in [1.54, 1.807) is 0 Å². The average Bonchev–Trinajstić information content (AvgIpc) is 3.23. The number of likely N-dealkylation sites (tertiary alicyclic amines) is 1. The van der Waals surface area contributed by atoms with Gasteiger partial charge >= 0.3 is 6.09 Å². The third-order valence-corrected chi connectivity index (χ3v) is 6.73. The first kappa shape index (κ1) is 21.8. The molecule has 1 atom stereocenters. The Morgan fingerprint density at radius 1 is 0.939 bits per heavy atom. The monoisotopic (exact) mass is 462 g/mol. The zero-order chi connectivity index (χ0) is 22.6. The molecule has 0 unspecified atom stereocenters. The molecule has 0 radical (unpaired) electrons. The molecule has 3 aromatic carbocycles. The Balaban J connectivity index is 1.20. The number of piperidine rings is 1. The topological polar surface area (TPSA) is 42.0 Å². The number of benzene rings is 3. The third-order valence-electron chi connectivity index (χ3n) is 6.42.